The molecule has 8 heteroatoms. The Hall–Kier alpha value is -3.16. The van der Waals surface area contributed by atoms with Crippen molar-refractivity contribution < 1.29 is 4.79 Å². The standard InChI is InChI=1S/C20H24N6O2/c1-14-5-7-16(8-6-14)21-18(27)13-26-20(28)25-11-9-17(22-19(25)23-26)24-10-3-4-15(2)12-24/h5-9,11,15H,3-4,10,12-13H2,1-2H3,(H,21,27). The van der Waals surface area contributed by atoms with Crippen LogP contribution in [0.2, 0.25) is 0 Å². The minimum absolute atomic E-state index is 0.161. The molecule has 146 valence electrons. The quantitative estimate of drug-likeness (QED) is 0.749. The third-order valence-electron chi connectivity index (χ3n) is 5.05. The minimum Gasteiger partial charge on any atom is -0.356 e. The highest BCUT2D eigenvalue weighted by Gasteiger charge is 2.19. The lowest BCUT2D eigenvalue weighted by Crippen LogP contribution is -2.34. The summed E-state index contributed by atoms with van der Waals surface area (Å²) in [6.45, 7) is 5.96. The van der Waals surface area contributed by atoms with Gasteiger partial charge in [0.1, 0.15) is 12.4 Å². The molecule has 0 spiro atoms. The average molecular weight is 380 g/mol. The van der Waals surface area contributed by atoms with Crippen LogP contribution in [0, 0.1) is 12.8 Å². The van der Waals surface area contributed by atoms with E-state index >= 15 is 0 Å². The third-order valence-corrected chi connectivity index (χ3v) is 5.05. The molecule has 1 saturated heterocycles. The molecule has 0 bridgehead atoms. The number of anilines is 2. The van der Waals surface area contributed by atoms with E-state index < -0.39 is 0 Å². The normalized spacial score (nSPS) is 17.1. The summed E-state index contributed by atoms with van der Waals surface area (Å²) in [7, 11) is 0. The monoisotopic (exact) mass is 380 g/mol. The van der Waals surface area contributed by atoms with Crippen LogP contribution in [0.25, 0.3) is 5.78 Å². The van der Waals surface area contributed by atoms with Crippen LogP contribution in [0.4, 0.5) is 11.5 Å². The van der Waals surface area contributed by atoms with E-state index in [4.69, 9.17) is 0 Å². The highest BCUT2D eigenvalue weighted by atomic mass is 16.2. The molecule has 2 aromatic heterocycles. The average Bonchev–Trinajstić information content (AvgIpc) is 2.98. The van der Waals surface area contributed by atoms with Crippen LogP contribution >= 0.6 is 0 Å². The zero-order valence-electron chi connectivity index (χ0n) is 16.1. The van der Waals surface area contributed by atoms with Crippen LogP contribution < -0.4 is 15.9 Å². The molecule has 1 unspecified atom stereocenters. The van der Waals surface area contributed by atoms with E-state index in [-0.39, 0.29) is 18.1 Å². The Labute approximate surface area is 162 Å². The number of aromatic nitrogens is 4. The molecule has 1 atom stereocenters. The number of rotatable bonds is 4. The number of nitrogens with zero attached hydrogens (tertiary/aromatic N) is 5. The molecule has 1 N–H and O–H groups in total. The van der Waals surface area contributed by atoms with Gasteiger partial charge < -0.3 is 10.2 Å². The van der Waals surface area contributed by atoms with Crippen LogP contribution in [-0.4, -0.2) is 38.2 Å². The van der Waals surface area contributed by atoms with E-state index in [0.717, 1.165) is 35.6 Å². The second-order valence-electron chi connectivity index (χ2n) is 7.50. The summed E-state index contributed by atoms with van der Waals surface area (Å²) in [5, 5.41) is 7.03. The summed E-state index contributed by atoms with van der Waals surface area (Å²) < 4.78 is 2.52. The van der Waals surface area contributed by atoms with Gasteiger partial charge in [-0.25, -0.2) is 13.9 Å². The van der Waals surface area contributed by atoms with Crippen molar-refractivity contribution >= 4 is 23.2 Å². The number of hydrogen-bond donors (Lipinski definition) is 1. The van der Waals surface area contributed by atoms with Crippen molar-refractivity contribution in [1.82, 2.24) is 19.2 Å². The van der Waals surface area contributed by atoms with E-state index in [1.165, 1.54) is 10.8 Å². The summed E-state index contributed by atoms with van der Waals surface area (Å²) in [6, 6.07) is 9.32. The Bertz CT molecular complexity index is 1050. The number of fused-ring (bicyclic) bond motifs is 1. The predicted octanol–water partition coefficient (Wildman–Crippen LogP) is 2.07. The fraction of sp³-hybridized carbons (Fsp3) is 0.400. The van der Waals surface area contributed by atoms with Crippen LogP contribution in [0.15, 0.2) is 41.3 Å². The molecule has 3 heterocycles. The Morgan fingerprint density at radius 1 is 1.25 bits per heavy atom. The second kappa shape index (κ2) is 7.46. The topological polar surface area (TPSA) is 84.5 Å². The number of carbonyl (C=O) groups is 1. The van der Waals surface area contributed by atoms with Crippen molar-refractivity contribution in [3.05, 3.63) is 52.6 Å². The first-order chi connectivity index (χ1) is 13.5. The molecular weight excluding hydrogens is 356 g/mol. The second-order valence-corrected chi connectivity index (χ2v) is 7.50. The van der Waals surface area contributed by atoms with Gasteiger partial charge in [-0.15, -0.1) is 5.10 Å². The summed E-state index contributed by atoms with van der Waals surface area (Å²) in [5.74, 6) is 1.45. The Morgan fingerprint density at radius 3 is 2.79 bits per heavy atom. The first-order valence-electron chi connectivity index (χ1n) is 9.57. The fourth-order valence-electron chi connectivity index (χ4n) is 3.55. The van der Waals surface area contributed by atoms with Gasteiger partial charge in [-0.3, -0.25) is 4.79 Å². The zero-order valence-corrected chi connectivity index (χ0v) is 16.1. The first kappa shape index (κ1) is 18.2. The molecule has 1 aliphatic heterocycles. The first-order valence-corrected chi connectivity index (χ1v) is 9.57. The third kappa shape index (κ3) is 3.76. The van der Waals surface area contributed by atoms with Gasteiger partial charge in [0.15, 0.2) is 0 Å². The summed E-state index contributed by atoms with van der Waals surface area (Å²) in [4.78, 5) is 31.6. The van der Waals surface area contributed by atoms with Crippen LogP contribution in [0.5, 0.6) is 0 Å². The number of benzene rings is 1. The van der Waals surface area contributed by atoms with Crippen LogP contribution in [0.1, 0.15) is 25.3 Å². The maximum Gasteiger partial charge on any atom is 0.352 e. The maximum absolute atomic E-state index is 12.5. The molecule has 1 amide bonds. The molecular formula is C20H24N6O2. The molecule has 3 aromatic rings. The summed E-state index contributed by atoms with van der Waals surface area (Å²) in [6.07, 6.45) is 4.04. The van der Waals surface area contributed by atoms with E-state index in [9.17, 15) is 9.59 Å². The number of nitrogens with one attached hydrogen (secondary N) is 1. The molecule has 0 aliphatic carbocycles. The molecule has 1 fully saturated rings. The smallest absolute Gasteiger partial charge is 0.352 e. The Balaban J connectivity index is 1.52. The predicted molar refractivity (Wildman–Crippen MR) is 108 cm³/mol. The van der Waals surface area contributed by atoms with Gasteiger partial charge >= 0.3 is 5.69 Å². The number of hydrogen-bond acceptors (Lipinski definition) is 5. The summed E-state index contributed by atoms with van der Waals surface area (Å²) in [5.41, 5.74) is 1.42. The largest absolute Gasteiger partial charge is 0.356 e. The van der Waals surface area contributed by atoms with Gasteiger partial charge in [-0.2, -0.15) is 4.98 Å². The highest BCUT2D eigenvalue weighted by molar-refractivity contribution is 5.90. The van der Waals surface area contributed by atoms with Gasteiger partial charge in [0, 0.05) is 25.0 Å². The molecule has 8 nitrogen and oxygen atoms in total. The van der Waals surface area contributed by atoms with E-state index in [1.54, 1.807) is 6.20 Å². The fourth-order valence-corrected chi connectivity index (χ4v) is 3.55. The minimum atomic E-state index is -0.375. The SMILES string of the molecule is Cc1ccc(NC(=O)Cn2nc3nc(N4CCCC(C)C4)ccn3c2=O)cc1. The van der Waals surface area contributed by atoms with Gasteiger partial charge in [0.2, 0.25) is 5.91 Å². The molecule has 4 rings (SSSR count). The van der Waals surface area contributed by atoms with Crippen molar-refractivity contribution in [2.45, 2.75) is 33.2 Å². The Kier molecular flexibility index (Phi) is 4.85. The lowest BCUT2D eigenvalue weighted by Gasteiger charge is -2.31. The zero-order chi connectivity index (χ0) is 19.7. The van der Waals surface area contributed by atoms with Crippen LogP contribution in [-0.2, 0) is 11.3 Å². The van der Waals surface area contributed by atoms with E-state index in [0.29, 0.717) is 17.4 Å². The van der Waals surface area contributed by atoms with Gasteiger partial charge in [-0.05, 0) is 43.9 Å². The van der Waals surface area contributed by atoms with Crippen LogP contribution in [0.3, 0.4) is 0 Å². The van der Waals surface area contributed by atoms with Crippen molar-refractivity contribution in [3.63, 3.8) is 0 Å². The number of aryl methyl sites for hydroxylation is 1. The van der Waals surface area contributed by atoms with E-state index in [2.05, 4.69) is 27.2 Å². The number of piperidine rings is 1. The lowest BCUT2D eigenvalue weighted by molar-refractivity contribution is -0.117. The van der Waals surface area contributed by atoms with Gasteiger partial charge in [-0.1, -0.05) is 24.6 Å². The maximum atomic E-state index is 12.5. The molecule has 28 heavy (non-hydrogen) atoms. The van der Waals surface area contributed by atoms with Crippen molar-refractivity contribution in [2.24, 2.45) is 5.92 Å². The van der Waals surface area contributed by atoms with Crippen molar-refractivity contribution in [1.29, 1.82) is 0 Å². The molecule has 0 saturated carbocycles. The van der Waals surface area contributed by atoms with Gasteiger partial charge in [0.05, 0.1) is 0 Å². The van der Waals surface area contributed by atoms with Crippen molar-refractivity contribution in [2.75, 3.05) is 23.3 Å². The van der Waals surface area contributed by atoms with E-state index in [1.807, 2.05) is 37.3 Å². The molecule has 0 radical (unpaired) electrons. The molecule has 1 aliphatic rings. The Morgan fingerprint density at radius 2 is 2.04 bits per heavy atom. The number of carbonyl (C=O) groups excluding carboxylic acids is 1. The van der Waals surface area contributed by atoms with Crippen molar-refractivity contribution in [3.8, 4) is 0 Å². The highest BCUT2D eigenvalue weighted by Crippen LogP contribution is 2.21. The molecule has 1 aromatic carbocycles. The van der Waals surface area contributed by atoms with Gasteiger partial charge in [0.25, 0.3) is 5.78 Å². The number of amides is 1. The lowest BCUT2D eigenvalue weighted by atomic mass is 10.0. The summed E-state index contributed by atoms with van der Waals surface area (Å²) >= 11 is 0.